The lowest BCUT2D eigenvalue weighted by atomic mass is 9.94. The first kappa shape index (κ1) is 19.7. The van der Waals surface area contributed by atoms with E-state index in [-0.39, 0.29) is 18.4 Å². The predicted octanol–water partition coefficient (Wildman–Crippen LogP) is 2.24. The number of nitrogens with one attached hydrogen (secondary N) is 1. The van der Waals surface area contributed by atoms with E-state index in [2.05, 4.69) is 5.32 Å². The average Bonchev–Trinajstić information content (AvgIpc) is 2.72. The zero-order valence-electron chi connectivity index (χ0n) is 16.2. The number of methoxy groups -OCH3 is 3. The molecule has 2 aromatic rings. The van der Waals surface area contributed by atoms with Crippen LogP contribution in [0.4, 0.5) is 5.69 Å². The Balaban J connectivity index is 1.73. The summed E-state index contributed by atoms with van der Waals surface area (Å²) in [5, 5.41) is 2.85. The van der Waals surface area contributed by atoms with E-state index in [1.807, 2.05) is 29.2 Å². The molecule has 1 N–H and O–H groups in total. The molecule has 28 heavy (non-hydrogen) atoms. The molecule has 0 aromatic heterocycles. The largest absolute Gasteiger partial charge is 0.493 e. The molecule has 7 nitrogen and oxygen atoms in total. The Kier molecular flexibility index (Phi) is 6.16. The van der Waals surface area contributed by atoms with Gasteiger partial charge in [0, 0.05) is 18.3 Å². The molecule has 0 saturated heterocycles. The number of carbonyl (C=O) groups is 2. The quantitative estimate of drug-likeness (QED) is 0.770. The molecular formula is C21H24N2O5. The highest BCUT2D eigenvalue weighted by Gasteiger charge is 2.33. The van der Waals surface area contributed by atoms with Gasteiger partial charge in [-0.15, -0.1) is 0 Å². The molecule has 0 unspecified atom stereocenters. The van der Waals surface area contributed by atoms with Crippen LogP contribution in [0.15, 0.2) is 42.5 Å². The lowest BCUT2D eigenvalue weighted by Crippen LogP contribution is -2.49. The van der Waals surface area contributed by atoms with Crippen molar-refractivity contribution in [1.82, 2.24) is 4.90 Å². The summed E-state index contributed by atoms with van der Waals surface area (Å²) in [5.74, 6) is 0.549. The highest BCUT2D eigenvalue weighted by atomic mass is 16.5. The number of fused-ring (bicyclic) bond motifs is 1. The van der Waals surface area contributed by atoms with Crippen LogP contribution in [0, 0.1) is 0 Å². The van der Waals surface area contributed by atoms with Crippen molar-refractivity contribution < 1.29 is 23.8 Å². The van der Waals surface area contributed by atoms with Crippen LogP contribution in [-0.2, 0) is 27.3 Å². The van der Waals surface area contributed by atoms with E-state index in [0.717, 1.165) is 11.1 Å². The molecule has 1 heterocycles. The number of nitrogens with zero attached hydrogens (tertiary/aromatic N) is 1. The summed E-state index contributed by atoms with van der Waals surface area (Å²) in [6, 6.07) is 12.6. The van der Waals surface area contributed by atoms with Gasteiger partial charge in [0.1, 0.15) is 6.04 Å². The third-order valence-electron chi connectivity index (χ3n) is 4.83. The van der Waals surface area contributed by atoms with E-state index in [4.69, 9.17) is 14.2 Å². The predicted molar refractivity (Wildman–Crippen MR) is 105 cm³/mol. The summed E-state index contributed by atoms with van der Waals surface area (Å²) >= 11 is 0. The molecule has 0 fully saturated rings. The van der Waals surface area contributed by atoms with Crippen molar-refractivity contribution in [3.05, 3.63) is 53.6 Å². The van der Waals surface area contributed by atoms with Gasteiger partial charge in [0.15, 0.2) is 11.5 Å². The Labute approximate surface area is 164 Å². The maximum atomic E-state index is 12.6. The molecule has 1 aliphatic rings. The van der Waals surface area contributed by atoms with Gasteiger partial charge in [-0.3, -0.25) is 14.5 Å². The molecule has 1 amide bonds. The normalized spacial score (nSPS) is 16.0. The van der Waals surface area contributed by atoms with Crippen molar-refractivity contribution in [1.29, 1.82) is 0 Å². The average molecular weight is 384 g/mol. The Hall–Kier alpha value is -3.06. The second-order valence-electron chi connectivity index (χ2n) is 6.53. The highest BCUT2D eigenvalue weighted by Crippen LogP contribution is 2.30. The molecule has 0 radical (unpaired) electrons. The van der Waals surface area contributed by atoms with Gasteiger partial charge >= 0.3 is 5.97 Å². The van der Waals surface area contributed by atoms with Crippen molar-refractivity contribution in [3.8, 4) is 11.5 Å². The number of ether oxygens (including phenoxy) is 3. The number of hydrogen-bond donors (Lipinski definition) is 1. The molecule has 0 aliphatic carbocycles. The van der Waals surface area contributed by atoms with Crippen LogP contribution in [0.2, 0.25) is 0 Å². The van der Waals surface area contributed by atoms with Crippen LogP contribution in [0.3, 0.4) is 0 Å². The van der Waals surface area contributed by atoms with Crippen LogP contribution in [0.1, 0.15) is 11.1 Å². The minimum atomic E-state index is -0.490. The van der Waals surface area contributed by atoms with Gasteiger partial charge in [0.25, 0.3) is 0 Å². The first-order chi connectivity index (χ1) is 13.5. The number of amides is 1. The van der Waals surface area contributed by atoms with Gasteiger partial charge in [0.05, 0.1) is 27.9 Å². The lowest BCUT2D eigenvalue weighted by Gasteiger charge is -2.34. The third-order valence-corrected chi connectivity index (χ3v) is 4.83. The molecular weight excluding hydrogens is 360 g/mol. The van der Waals surface area contributed by atoms with E-state index < -0.39 is 6.04 Å². The second kappa shape index (κ2) is 8.75. The van der Waals surface area contributed by atoms with Gasteiger partial charge in [-0.1, -0.05) is 24.3 Å². The SMILES string of the molecule is COC(=O)[C@H]1Cc2ccccc2CN1CC(=O)Nc1ccc(OC)c(OC)c1. The molecule has 1 aliphatic heterocycles. The third kappa shape index (κ3) is 4.26. The van der Waals surface area contributed by atoms with Crippen LogP contribution in [0.25, 0.3) is 0 Å². The van der Waals surface area contributed by atoms with E-state index in [0.29, 0.717) is 30.2 Å². The first-order valence-corrected chi connectivity index (χ1v) is 8.96. The maximum absolute atomic E-state index is 12.6. The number of benzene rings is 2. The van der Waals surface area contributed by atoms with Crippen molar-refractivity contribution in [2.24, 2.45) is 0 Å². The maximum Gasteiger partial charge on any atom is 0.323 e. The van der Waals surface area contributed by atoms with Crippen LogP contribution < -0.4 is 14.8 Å². The molecule has 2 aromatic carbocycles. The van der Waals surface area contributed by atoms with Gasteiger partial charge in [0.2, 0.25) is 5.91 Å². The number of hydrogen-bond acceptors (Lipinski definition) is 6. The van der Waals surface area contributed by atoms with Gasteiger partial charge < -0.3 is 19.5 Å². The summed E-state index contributed by atoms with van der Waals surface area (Å²) < 4.78 is 15.4. The zero-order chi connectivity index (χ0) is 20.1. The van der Waals surface area contributed by atoms with Crippen LogP contribution in [-0.4, -0.2) is 50.7 Å². The Morgan fingerprint density at radius 1 is 1.04 bits per heavy atom. The number of anilines is 1. The fraction of sp³-hybridized carbons (Fsp3) is 0.333. The minimum absolute atomic E-state index is 0.0719. The monoisotopic (exact) mass is 384 g/mol. The molecule has 1 atom stereocenters. The van der Waals surface area contributed by atoms with Crippen LogP contribution >= 0.6 is 0 Å². The Morgan fingerprint density at radius 2 is 1.75 bits per heavy atom. The highest BCUT2D eigenvalue weighted by molar-refractivity contribution is 5.93. The number of carbonyl (C=O) groups excluding carboxylic acids is 2. The van der Waals surface area contributed by atoms with Crippen molar-refractivity contribution in [2.45, 2.75) is 19.0 Å². The molecule has 7 heteroatoms. The first-order valence-electron chi connectivity index (χ1n) is 8.96. The smallest absolute Gasteiger partial charge is 0.323 e. The van der Waals surface area contributed by atoms with Crippen LogP contribution in [0.5, 0.6) is 11.5 Å². The van der Waals surface area contributed by atoms with E-state index in [1.165, 1.54) is 14.2 Å². The van der Waals surface area contributed by atoms with Crippen molar-refractivity contribution >= 4 is 17.6 Å². The number of rotatable bonds is 6. The summed E-state index contributed by atoms with van der Waals surface area (Å²) in [4.78, 5) is 26.7. The Bertz CT molecular complexity index is 868. The minimum Gasteiger partial charge on any atom is -0.493 e. The van der Waals surface area contributed by atoms with Crippen molar-refractivity contribution in [3.63, 3.8) is 0 Å². The van der Waals surface area contributed by atoms with Gasteiger partial charge in [-0.25, -0.2) is 0 Å². The summed E-state index contributed by atoms with van der Waals surface area (Å²) in [6.45, 7) is 0.581. The molecule has 148 valence electrons. The van der Waals surface area contributed by atoms with Crippen molar-refractivity contribution in [2.75, 3.05) is 33.2 Å². The molecule has 0 bridgehead atoms. The summed E-state index contributed by atoms with van der Waals surface area (Å²) in [6.07, 6.45) is 0.520. The summed E-state index contributed by atoms with van der Waals surface area (Å²) in [7, 11) is 4.46. The lowest BCUT2D eigenvalue weighted by molar-refractivity contribution is -0.148. The second-order valence-corrected chi connectivity index (χ2v) is 6.53. The molecule has 3 rings (SSSR count). The Morgan fingerprint density at radius 3 is 2.43 bits per heavy atom. The molecule has 0 saturated carbocycles. The number of esters is 1. The van der Waals surface area contributed by atoms with E-state index in [9.17, 15) is 9.59 Å². The fourth-order valence-electron chi connectivity index (χ4n) is 3.41. The summed E-state index contributed by atoms with van der Waals surface area (Å²) in [5.41, 5.74) is 2.81. The van der Waals surface area contributed by atoms with Gasteiger partial charge in [-0.05, 0) is 29.7 Å². The van der Waals surface area contributed by atoms with Gasteiger partial charge in [-0.2, -0.15) is 0 Å². The van der Waals surface area contributed by atoms with E-state index >= 15 is 0 Å². The molecule has 0 spiro atoms. The zero-order valence-corrected chi connectivity index (χ0v) is 16.2. The fourth-order valence-corrected chi connectivity index (χ4v) is 3.41. The van der Waals surface area contributed by atoms with E-state index in [1.54, 1.807) is 25.3 Å². The topological polar surface area (TPSA) is 77.1 Å². The standard InChI is InChI=1S/C21H24N2O5/c1-26-18-9-8-16(11-19(18)27-2)22-20(24)13-23-12-15-7-5-4-6-14(15)10-17(23)21(25)28-3/h4-9,11,17H,10,12-13H2,1-3H3,(H,22,24)/t17-/m1/s1.